The molecule has 0 radical (unpaired) electrons. The van der Waals surface area contributed by atoms with E-state index < -0.39 is 11.9 Å². The Bertz CT molecular complexity index is 604. The van der Waals surface area contributed by atoms with Crippen LogP contribution in [0.15, 0.2) is 48.5 Å². The van der Waals surface area contributed by atoms with Gasteiger partial charge >= 0.3 is 0 Å². The van der Waals surface area contributed by atoms with E-state index in [2.05, 4.69) is 5.32 Å². The fraction of sp³-hybridized carbons (Fsp3) is 0.133. The summed E-state index contributed by atoms with van der Waals surface area (Å²) < 4.78 is 18.4. The molecule has 0 saturated heterocycles. The Morgan fingerprint density at radius 1 is 1.25 bits per heavy atom. The molecule has 0 unspecified atom stereocenters. The van der Waals surface area contributed by atoms with Crippen LogP contribution in [0.5, 0.6) is 5.75 Å². The number of amides is 1. The van der Waals surface area contributed by atoms with Crippen molar-refractivity contribution >= 4 is 23.2 Å². The van der Waals surface area contributed by atoms with Crippen molar-refractivity contribution in [2.75, 3.05) is 5.32 Å². The predicted molar refractivity (Wildman–Crippen MR) is 76.6 cm³/mol. The second-order valence-corrected chi connectivity index (χ2v) is 4.60. The summed E-state index contributed by atoms with van der Waals surface area (Å²) in [6, 6.07) is 13.0. The number of hydrogen-bond acceptors (Lipinski definition) is 2. The van der Waals surface area contributed by atoms with Gasteiger partial charge in [-0.1, -0.05) is 29.8 Å². The van der Waals surface area contributed by atoms with Crippen molar-refractivity contribution < 1.29 is 13.9 Å². The average Bonchev–Trinajstić information content (AvgIpc) is 2.44. The van der Waals surface area contributed by atoms with Crippen molar-refractivity contribution in [3.63, 3.8) is 0 Å². The van der Waals surface area contributed by atoms with Gasteiger partial charge in [-0.25, -0.2) is 4.39 Å². The zero-order chi connectivity index (χ0) is 14.5. The lowest BCUT2D eigenvalue weighted by atomic mass is 10.3. The van der Waals surface area contributed by atoms with Gasteiger partial charge in [0.25, 0.3) is 5.91 Å². The molecule has 1 atom stereocenters. The van der Waals surface area contributed by atoms with Crippen LogP contribution in [0.25, 0.3) is 0 Å². The van der Waals surface area contributed by atoms with Gasteiger partial charge in [-0.2, -0.15) is 0 Å². The van der Waals surface area contributed by atoms with Crippen molar-refractivity contribution in [1.82, 2.24) is 0 Å². The second kappa shape index (κ2) is 6.39. The van der Waals surface area contributed by atoms with Crippen LogP contribution >= 0.6 is 11.6 Å². The molecule has 2 aromatic rings. The molecule has 0 aromatic heterocycles. The lowest BCUT2D eigenvalue weighted by Crippen LogP contribution is -2.30. The number of halogens is 2. The molecule has 104 valence electrons. The Morgan fingerprint density at radius 3 is 2.60 bits per heavy atom. The van der Waals surface area contributed by atoms with Gasteiger partial charge < -0.3 is 10.1 Å². The topological polar surface area (TPSA) is 38.3 Å². The molecule has 0 fully saturated rings. The van der Waals surface area contributed by atoms with Crippen LogP contribution in [0.2, 0.25) is 5.02 Å². The first-order valence-corrected chi connectivity index (χ1v) is 6.41. The summed E-state index contributed by atoms with van der Waals surface area (Å²) in [5.41, 5.74) is 0.685. The molecule has 2 aromatic carbocycles. The second-order valence-electron chi connectivity index (χ2n) is 4.19. The monoisotopic (exact) mass is 293 g/mol. The first kappa shape index (κ1) is 14.3. The van der Waals surface area contributed by atoms with Crippen LogP contribution in [-0.4, -0.2) is 12.0 Å². The van der Waals surface area contributed by atoms with Crippen molar-refractivity contribution in [2.45, 2.75) is 13.0 Å². The van der Waals surface area contributed by atoms with Gasteiger partial charge in [-0.05, 0) is 31.2 Å². The number of carbonyl (C=O) groups is 1. The maximum absolute atomic E-state index is 13.0. The minimum atomic E-state index is -0.725. The number of anilines is 1. The molecule has 3 nitrogen and oxygen atoms in total. The number of carbonyl (C=O) groups excluding carboxylic acids is 1. The van der Waals surface area contributed by atoms with Crippen LogP contribution < -0.4 is 10.1 Å². The van der Waals surface area contributed by atoms with E-state index in [9.17, 15) is 9.18 Å². The van der Waals surface area contributed by atoms with Crippen molar-refractivity contribution in [2.24, 2.45) is 0 Å². The highest BCUT2D eigenvalue weighted by Gasteiger charge is 2.15. The first-order valence-electron chi connectivity index (χ1n) is 6.04. The predicted octanol–water partition coefficient (Wildman–Crippen LogP) is 3.89. The molecule has 0 aliphatic rings. The fourth-order valence-corrected chi connectivity index (χ4v) is 1.74. The summed E-state index contributed by atoms with van der Waals surface area (Å²) in [5, 5.41) is 2.67. The number of para-hydroxylation sites is 1. The van der Waals surface area contributed by atoms with Gasteiger partial charge in [-0.3, -0.25) is 4.79 Å². The number of ether oxygens (including phenoxy) is 1. The molecule has 0 saturated carbocycles. The van der Waals surface area contributed by atoms with Crippen molar-refractivity contribution in [3.05, 3.63) is 59.4 Å². The highest BCUT2D eigenvalue weighted by molar-refractivity contribution is 6.30. The smallest absolute Gasteiger partial charge is 0.265 e. The maximum Gasteiger partial charge on any atom is 0.265 e. The molecule has 1 N–H and O–H groups in total. The van der Waals surface area contributed by atoms with Crippen LogP contribution in [0.4, 0.5) is 10.1 Å². The molecule has 0 aliphatic heterocycles. The van der Waals surface area contributed by atoms with E-state index in [1.165, 1.54) is 18.2 Å². The van der Waals surface area contributed by atoms with Crippen LogP contribution in [-0.2, 0) is 4.79 Å². The van der Waals surface area contributed by atoms with Gasteiger partial charge in [0.1, 0.15) is 11.6 Å². The van der Waals surface area contributed by atoms with E-state index in [0.717, 1.165) is 0 Å². The van der Waals surface area contributed by atoms with Crippen LogP contribution in [0.3, 0.4) is 0 Å². The van der Waals surface area contributed by atoms with Gasteiger partial charge in [0.15, 0.2) is 6.10 Å². The van der Waals surface area contributed by atoms with E-state index in [1.54, 1.807) is 19.1 Å². The number of hydrogen-bond donors (Lipinski definition) is 1. The van der Waals surface area contributed by atoms with Gasteiger partial charge in [0, 0.05) is 11.8 Å². The normalized spacial score (nSPS) is 11.8. The average molecular weight is 294 g/mol. The molecule has 5 heteroatoms. The third-order valence-corrected chi connectivity index (χ3v) is 2.90. The van der Waals surface area contributed by atoms with Crippen LogP contribution in [0.1, 0.15) is 6.92 Å². The minimum Gasteiger partial charge on any atom is -0.481 e. The largest absolute Gasteiger partial charge is 0.481 e. The van der Waals surface area contributed by atoms with E-state index in [0.29, 0.717) is 11.4 Å². The standard InChI is InChI=1S/C15H13ClFNO2/c1-10(15(19)18-11-5-3-2-4-6-11)20-12-7-8-14(17)13(16)9-12/h2-10H,1H3,(H,18,19)/t10-/m1/s1. The summed E-state index contributed by atoms with van der Waals surface area (Å²) in [6.45, 7) is 1.61. The van der Waals surface area contributed by atoms with Gasteiger partial charge in [0.2, 0.25) is 0 Å². The minimum absolute atomic E-state index is 0.0434. The number of benzene rings is 2. The van der Waals surface area contributed by atoms with Crippen molar-refractivity contribution in [3.8, 4) is 5.75 Å². The molecule has 0 bridgehead atoms. The highest BCUT2D eigenvalue weighted by atomic mass is 35.5. The third kappa shape index (κ3) is 3.71. The zero-order valence-corrected chi connectivity index (χ0v) is 11.5. The first-order chi connectivity index (χ1) is 9.56. The van der Waals surface area contributed by atoms with E-state index >= 15 is 0 Å². The molecular weight excluding hydrogens is 281 g/mol. The highest BCUT2D eigenvalue weighted by Crippen LogP contribution is 2.22. The SMILES string of the molecule is C[C@@H](Oc1ccc(F)c(Cl)c1)C(=O)Nc1ccccc1. The van der Waals surface area contributed by atoms with E-state index in [1.807, 2.05) is 18.2 Å². The lowest BCUT2D eigenvalue weighted by molar-refractivity contribution is -0.122. The summed E-state index contributed by atoms with van der Waals surface area (Å²) in [5.74, 6) is -0.482. The van der Waals surface area contributed by atoms with Gasteiger partial charge in [-0.15, -0.1) is 0 Å². The van der Waals surface area contributed by atoms with Crippen molar-refractivity contribution in [1.29, 1.82) is 0 Å². The Hall–Kier alpha value is -2.07. The maximum atomic E-state index is 13.0. The Morgan fingerprint density at radius 2 is 1.95 bits per heavy atom. The molecule has 1 amide bonds. The molecule has 2 rings (SSSR count). The molecule has 0 aliphatic carbocycles. The Balaban J connectivity index is 1.98. The third-order valence-electron chi connectivity index (χ3n) is 2.61. The molecule has 20 heavy (non-hydrogen) atoms. The summed E-state index contributed by atoms with van der Waals surface area (Å²) in [6.07, 6.45) is -0.725. The Labute approximate surface area is 121 Å². The van der Waals surface area contributed by atoms with E-state index in [4.69, 9.17) is 16.3 Å². The van der Waals surface area contributed by atoms with Gasteiger partial charge in [0.05, 0.1) is 5.02 Å². The lowest BCUT2D eigenvalue weighted by Gasteiger charge is -2.15. The summed E-state index contributed by atoms with van der Waals surface area (Å²) >= 11 is 5.65. The number of nitrogens with one attached hydrogen (secondary N) is 1. The quantitative estimate of drug-likeness (QED) is 0.929. The molecule has 0 spiro atoms. The molecular formula is C15H13ClFNO2. The summed E-state index contributed by atoms with van der Waals surface area (Å²) in [7, 11) is 0. The van der Waals surface area contributed by atoms with E-state index in [-0.39, 0.29) is 10.9 Å². The summed E-state index contributed by atoms with van der Waals surface area (Å²) in [4.78, 5) is 11.9. The Kier molecular flexibility index (Phi) is 4.58. The number of rotatable bonds is 4. The zero-order valence-electron chi connectivity index (χ0n) is 10.8. The fourth-order valence-electron chi connectivity index (χ4n) is 1.57. The van der Waals surface area contributed by atoms with Crippen LogP contribution in [0, 0.1) is 5.82 Å². The molecule has 0 heterocycles.